The van der Waals surface area contributed by atoms with Crippen LogP contribution < -0.4 is 0 Å². The smallest absolute Gasteiger partial charge is 0.157 e. The number of carbonyl (C=O) groups excluding carboxylic acids is 1. The molecule has 3 fully saturated rings. The average molecular weight is 238 g/mol. The monoisotopic (exact) mass is 238 g/mol. The van der Waals surface area contributed by atoms with Crippen LogP contribution in [0.1, 0.15) is 44.9 Å². The molecule has 3 nitrogen and oxygen atoms in total. The molecular weight excluding hydrogens is 216 g/mol. The largest absolute Gasteiger partial charge is 0.353 e. The van der Waals surface area contributed by atoms with Crippen molar-refractivity contribution in [2.45, 2.75) is 57.3 Å². The van der Waals surface area contributed by atoms with Gasteiger partial charge in [0, 0.05) is 12.5 Å². The van der Waals surface area contributed by atoms with Crippen LogP contribution in [-0.2, 0) is 14.3 Å². The van der Waals surface area contributed by atoms with Crippen LogP contribution in [0.25, 0.3) is 0 Å². The van der Waals surface area contributed by atoms with Gasteiger partial charge in [0.1, 0.15) is 6.29 Å². The topological polar surface area (TPSA) is 35.5 Å². The molecule has 17 heavy (non-hydrogen) atoms. The highest BCUT2D eigenvalue weighted by Gasteiger charge is 2.46. The Morgan fingerprint density at radius 1 is 1.12 bits per heavy atom. The van der Waals surface area contributed by atoms with Crippen molar-refractivity contribution in [3.05, 3.63) is 0 Å². The second kappa shape index (κ2) is 5.07. The molecule has 5 atom stereocenters. The number of carbonyl (C=O) groups is 1. The fourth-order valence-corrected chi connectivity index (χ4v) is 3.94. The van der Waals surface area contributed by atoms with Crippen LogP contribution in [0.15, 0.2) is 0 Å². The Morgan fingerprint density at radius 3 is 2.82 bits per heavy atom. The summed E-state index contributed by atoms with van der Waals surface area (Å²) >= 11 is 0. The second-order valence-corrected chi connectivity index (χ2v) is 5.77. The Balaban J connectivity index is 1.60. The maximum absolute atomic E-state index is 11.3. The van der Waals surface area contributed by atoms with Gasteiger partial charge in [-0.05, 0) is 43.9 Å². The molecule has 3 rings (SSSR count). The molecule has 1 aliphatic heterocycles. The highest BCUT2D eigenvalue weighted by Crippen LogP contribution is 2.48. The van der Waals surface area contributed by atoms with Gasteiger partial charge in [-0.3, -0.25) is 0 Å². The van der Waals surface area contributed by atoms with Crippen molar-refractivity contribution in [2.75, 3.05) is 6.61 Å². The summed E-state index contributed by atoms with van der Waals surface area (Å²) in [5.74, 6) is 1.47. The van der Waals surface area contributed by atoms with Crippen molar-refractivity contribution in [3.63, 3.8) is 0 Å². The first-order valence-corrected chi connectivity index (χ1v) is 7.11. The van der Waals surface area contributed by atoms with Crippen molar-refractivity contribution in [2.24, 2.45) is 17.8 Å². The third-order valence-corrected chi connectivity index (χ3v) is 4.80. The van der Waals surface area contributed by atoms with Gasteiger partial charge < -0.3 is 14.3 Å². The van der Waals surface area contributed by atoms with E-state index >= 15 is 0 Å². The van der Waals surface area contributed by atoms with Crippen molar-refractivity contribution in [1.29, 1.82) is 0 Å². The third-order valence-electron chi connectivity index (χ3n) is 4.80. The van der Waals surface area contributed by atoms with Crippen LogP contribution >= 0.6 is 0 Å². The van der Waals surface area contributed by atoms with Crippen LogP contribution in [0.4, 0.5) is 0 Å². The molecule has 2 saturated carbocycles. The van der Waals surface area contributed by atoms with Crippen LogP contribution in [0, 0.1) is 17.8 Å². The zero-order chi connectivity index (χ0) is 11.7. The van der Waals surface area contributed by atoms with E-state index in [1.807, 2.05) is 0 Å². The van der Waals surface area contributed by atoms with Gasteiger partial charge in [-0.25, -0.2) is 0 Å². The number of aldehydes is 1. The number of ether oxygens (including phenoxy) is 2. The van der Waals surface area contributed by atoms with Gasteiger partial charge in [0.2, 0.25) is 0 Å². The summed E-state index contributed by atoms with van der Waals surface area (Å²) in [5, 5.41) is 0. The zero-order valence-corrected chi connectivity index (χ0v) is 10.3. The lowest BCUT2D eigenvalue weighted by Crippen LogP contribution is -2.31. The molecule has 96 valence electrons. The van der Waals surface area contributed by atoms with Gasteiger partial charge in [-0.1, -0.05) is 12.8 Å². The Bertz CT molecular complexity index is 273. The fourth-order valence-electron chi connectivity index (χ4n) is 3.94. The van der Waals surface area contributed by atoms with E-state index in [-0.39, 0.29) is 18.3 Å². The molecular formula is C14H22O3. The van der Waals surface area contributed by atoms with Crippen LogP contribution in [-0.4, -0.2) is 25.3 Å². The lowest BCUT2D eigenvalue weighted by Gasteiger charge is -2.28. The first-order chi connectivity index (χ1) is 8.38. The van der Waals surface area contributed by atoms with Crippen molar-refractivity contribution < 1.29 is 14.3 Å². The third kappa shape index (κ3) is 2.27. The molecule has 3 heteroatoms. The summed E-state index contributed by atoms with van der Waals surface area (Å²) in [5.41, 5.74) is 0. The first kappa shape index (κ1) is 11.7. The number of fused-ring (bicyclic) bond motifs is 1. The lowest BCUT2D eigenvalue weighted by molar-refractivity contribution is -0.195. The van der Waals surface area contributed by atoms with Gasteiger partial charge in [0.15, 0.2) is 6.29 Å². The van der Waals surface area contributed by atoms with Crippen LogP contribution in [0.5, 0.6) is 0 Å². The Hall–Kier alpha value is -0.410. The Morgan fingerprint density at radius 2 is 2.06 bits per heavy atom. The van der Waals surface area contributed by atoms with E-state index in [9.17, 15) is 4.79 Å². The molecule has 0 radical (unpaired) electrons. The summed E-state index contributed by atoms with van der Waals surface area (Å²) in [4.78, 5) is 11.3. The Labute approximate surface area is 103 Å². The maximum atomic E-state index is 11.3. The quantitative estimate of drug-likeness (QED) is 0.709. The molecule has 0 N–H and O–H groups in total. The predicted octanol–water partition coefficient (Wildman–Crippen LogP) is 2.53. The Kier molecular flexibility index (Phi) is 3.48. The highest BCUT2D eigenvalue weighted by molar-refractivity contribution is 5.56. The van der Waals surface area contributed by atoms with Gasteiger partial charge in [0.05, 0.1) is 6.10 Å². The molecule has 0 aromatic rings. The minimum Gasteiger partial charge on any atom is -0.353 e. The minimum absolute atomic E-state index is 0.0463. The zero-order valence-electron chi connectivity index (χ0n) is 10.3. The van der Waals surface area contributed by atoms with E-state index in [1.165, 1.54) is 25.7 Å². The van der Waals surface area contributed by atoms with Gasteiger partial charge >= 0.3 is 0 Å². The summed E-state index contributed by atoms with van der Waals surface area (Å²) in [6.07, 6.45) is 9.45. The number of hydrogen-bond donors (Lipinski definition) is 0. The van der Waals surface area contributed by atoms with Crippen LogP contribution in [0.3, 0.4) is 0 Å². The number of rotatable bonds is 3. The molecule has 3 aliphatic rings. The minimum atomic E-state index is -0.0463. The lowest BCUT2D eigenvalue weighted by atomic mass is 9.93. The summed E-state index contributed by atoms with van der Waals surface area (Å²) in [6.45, 7) is 0.815. The SMILES string of the molecule is O=C[C@@H]1[C@H]2CCC[C@H]2C[C@H]1OC1CCCCO1. The summed E-state index contributed by atoms with van der Waals surface area (Å²) in [6, 6.07) is 0. The molecule has 0 aromatic carbocycles. The second-order valence-electron chi connectivity index (χ2n) is 5.77. The molecule has 1 heterocycles. The molecule has 1 unspecified atom stereocenters. The molecule has 0 aromatic heterocycles. The molecule has 2 aliphatic carbocycles. The van der Waals surface area contributed by atoms with E-state index in [0.29, 0.717) is 5.92 Å². The van der Waals surface area contributed by atoms with Crippen molar-refractivity contribution >= 4 is 6.29 Å². The normalized spacial score (nSPS) is 45.8. The van der Waals surface area contributed by atoms with Crippen LogP contribution in [0.2, 0.25) is 0 Å². The van der Waals surface area contributed by atoms with E-state index in [0.717, 1.165) is 38.1 Å². The first-order valence-electron chi connectivity index (χ1n) is 7.11. The van der Waals surface area contributed by atoms with Crippen molar-refractivity contribution in [3.8, 4) is 0 Å². The van der Waals surface area contributed by atoms with Gasteiger partial charge in [0.25, 0.3) is 0 Å². The average Bonchev–Trinajstić information content (AvgIpc) is 2.90. The molecule has 0 bridgehead atoms. The number of hydrogen-bond acceptors (Lipinski definition) is 3. The fraction of sp³-hybridized carbons (Fsp3) is 0.929. The maximum Gasteiger partial charge on any atom is 0.157 e. The molecule has 1 saturated heterocycles. The van der Waals surface area contributed by atoms with E-state index in [4.69, 9.17) is 9.47 Å². The molecule has 0 spiro atoms. The standard InChI is InChI=1S/C14H22O3/c15-9-12-11-5-3-4-10(11)8-13(12)17-14-6-1-2-7-16-14/h9-14H,1-8H2/t10-,11-,12+,13+,14?/m0/s1. The van der Waals surface area contributed by atoms with Gasteiger partial charge in [-0.2, -0.15) is 0 Å². The highest BCUT2D eigenvalue weighted by atomic mass is 16.7. The molecule has 0 amide bonds. The summed E-state index contributed by atoms with van der Waals surface area (Å²) in [7, 11) is 0. The van der Waals surface area contributed by atoms with E-state index in [1.54, 1.807) is 0 Å². The van der Waals surface area contributed by atoms with Crippen molar-refractivity contribution in [1.82, 2.24) is 0 Å². The summed E-state index contributed by atoms with van der Waals surface area (Å²) < 4.78 is 11.7. The van der Waals surface area contributed by atoms with E-state index in [2.05, 4.69) is 0 Å². The van der Waals surface area contributed by atoms with Gasteiger partial charge in [-0.15, -0.1) is 0 Å². The predicted molar refractivity (Wildman–Crippen MR) is 63.5 cm³/mol. The van der Waals surface area contributed by atoms with E-state index < -0.39 is 0 Å².